The molecule has 0 unspecified atom stereocenters. The van der Waals surface area contributed by atoms with Gasteiger partial charge in [-0.05, 0) is 41.5 Å². The van der Waals surface area contributed by atoms with Gasteiger partial charge in [0, 0.05) is 23.3 Å². The zero-order valence-electron chi connectivity index (χ0n) is 13.5. The van der Waals surface area contributed by atoms with Crippen LogP contribution in [0.15, 0.2) is 66.9 Å². The molecule has 1 aliphatic rings. The van der Waals surface area contributed by atoms with Crippen LogP contribution >= 0.6 is 0 Å². The molecule has 6 heteroatoms. The third-order valence-electron chi connectivity index (χ3n) is 4.38. The van der Waals surface area contributed by atoms with Crippen molar-refractivity contribution in [2.24, 2.45) is 0 Å². The average molecular weight is 354 g/mol. The Labute approximate surface area is 147 Å². The molecule has 0 N–H and O–H groups in total. The summed E-state index contributed by atoms with van der Waals surface area (Å²) < 4.78 is 38.1. The van der Waals surface area contributed by atoms with E-state index in [1.165, 1.54) is 18.2 Å². The van der Waals surface area contributed by atoms with E-state index in [2.05, 4.69) is 4.98 Å². The number of carbonyl (C=O) groups excluding carboxylic acids is 1. The van der Waals surface area contributed by atoms with Crippen molar-refractivity contribution in [2.45, 2.75) is 6.18 Å². The summed E-state index contributed by atoms with van der Waals surface area (Å²) in [6.07, 6.45) is -1.22. The number of anilines is 1. The van der Waals surface area contributed by atoms with E-state index < -0.39 is 11.7 Å². The van der Waals surface area contributed by atoms with Crippen LogP contribution in [-0.2, 0) is 11.0 Å². The minimum absolute atomic E-state index is 0.199. The summed E-state index contributed by atoms with van der Waals surface area (Å²) >= 11 is 0. The van der Waals surface area contributed by atoms with Gasteiger partial charge in [0.15, 0.2) is 0 Å². The van der Waals surface area contributed by atoms with Crippen LogP contribution in [-0.4, -0.2) is 17.4 Å². The van der Waals surface area contributed by atoms with E-state index in [0.717, 1.165) is 23.0 Å². The predicted molar refractivity (Wildman–Crippen MR) is 93.5 cm³/mol. The number of halogens is 3. The van der Waals surface area contributed by atoms with Gasteiger partial charge in [0.25, 0.3) is 5.91 Å². The van der Waals surface area contributed by atoms with Crippen LogP contribution in [0.4, 0.5) is 18.9 Å². The lowest BCUT2D eigenvalue weighted by atomic mass is 10.0. The Morgan fingerprint density at radius 3 is 2.50 bits per heavy atom. The predicted octanol–water partition coefficient (Wildman–Crippen LogP) is 4.68. The van der Waals surface area contributed by atoms with E-state index in [1.807, 2.05) is 30.3 Å². The maximum atomic E-state index is 12.7. The number of hydrogen-bond acceptors (Lipinski definition) is 2. The van der Waals surface area contributed by atoms with Gasteiger partial charge in [0.1, 0.15) is 0 Å². The first-order chi connectivity index (χ1) is 12.4. The molecule has 2 heterocycles. The fourth-order valence-electron chi connectivity index (χ4n) is 3.01. The summed E-state index contributed by atoms with van der Waals surface area (Å²) in [7, 11) is 0. The lowest BCUT2D eigenvalue weighted by molar-refractivity contribution is -0.137. The number of rotatable bonds is 2. The molecule has 3 aromatic rings. The van der Waals surface area contributed by atoms with Gasteiger partial charge in [-0.3, -0.25) is 9.78 Å². The Bertz CT molecular complexity index is 1020. The molecule has 2 aromatic carbocycles. The van der Waals surface area contributed by atoms with Gasteiger partial charge in [-0.25, -0.2) is 0 Å². The molecule has 1 aliphatic heterocycles. The van der Waals surface area contributed by atoms with Crippen LogP contribution in [0.25, 0.3) is 16.5 Å². The number of hydrogen-bond donors (Lipinski definition) is 0. The zero-order valence-corrected chi connectivity index (χ0v) is 13.5. The van der Waals surface area contributed by atoms with Gasteiger partial charge in [-0.15, -0.1) is 0 Å². The number of benzene rings is 2. The Hall–Kier alpha value is -3.15. The van der Waals surface area contributed by atoms with Gasteiger partial charge >= 0.3 is 6.18 Å². The van der Waals surface area contributed by atoms with Crippen molar-refractivity contribution in [1.82, 2.24) is 4.98 Å². The number of alkyl halides is 3. The molecule has 3 nitrogen and oxygen atoms in total. The van der Waals surface area contributed by atoms with Gasteiger partial charge in [-0.1, -0.05) is 24.3 Å². The molecular weight excluding hydrogens is 341 g/mol. The van der Waals surface area contributed by atoms with Crippen LogP contribution in [0.1, 0.15) is 11.1 Å². The average Bonchev–Trinajstić information content (AvgIpc) is 3.02. The molecule has 4 rings (SSSR count). The first kappa shape index (κ1) is 16.3. The molecule has 0 fully saturated rings. The van der Waals surface area contributed by atoms with Crippen molar-refractivity contribution in [3.63, 3.8) is 0 Å². The molecule has 0 atom stereocenters. The van der Waals surface area contributed by atoms with E-state index >= 15 is 0 Å². The van der Waals surface area contributed by atoms with E-state index in [4.69, 9.17) is 0 Å². The highest BCUT2D eigenvalue weighted by molar-refractivity contribution is 6.12. The number of amides is 1. The molecule has 0 bridgehead atoms. The molecule has 130 valence electrons. The summed E-state index contributed by atoms with van der Waals surface area (Å²) in [5.74, 6) is -0.199. The van der Waals surface area contributed by atoms with Crippen molar-refractivity contribution < 1.29 is 18.0 Å². The summed E-state index contributed by atoms with van der Waals surface area (Å²) in [5, 5.41) is 0.971. The van der Waals surface area contributed by atoms with Crippen LogP contribution in [0.5, 0.6) is 0 Å². The van der Waals surface area contributed by atoms with Crippen LogP contribution in [0, 0.1) is 0 Å². The molecule has 0 aliphatic carbocycles. The number of aromatic nitrogens is 1. The van der Waals surface area contributed by atoms with E-state index in [-0.39, 0.29) is 5.91 Å². The number of pyridine rings is 1. The largest absolute Gasteiger partial charge is 0.416 e. The van der Waals surface area contributed by atoms with Crippen molar-refractivity contribution >= 4 is 28.1 Å². The second kappa shape index (κ2) is 5.98. The summed E-state index contributed by atoms with van der Waals surface area (Å²) in [6, 6.07) is 14.2. The van der Waals surface area contributed by atoms with Crippen molar-refractivity contribution in [3.8, 4) is 0 Å². The third kappa shape index (κ3) is 2.94. The summed E-state index contributed by atoms with van der Waals surface area (Å²) in [5.41, 5.74) is 2.07. The third-order valence-corrected chi connectivity index (χ3v) is 4.38. The highest BCUT2D eigenvalue weighted by atomic mass is 19.4. The molecule has 0 saturated carbocycles. The minimum atomic E-state index is -4.37. The highest BCUT2D eigenvalue weighted by Crippen LogP contribution is 2.32. The van der Waals surface area contributed by atoms with Crippen molar-refractivity contribution in [1.29, 1.82) is 0 Å². The fraction of sp³-hybridized carbons (Fsp3) is 0.100. The highest BCUT2D eigenvalue weighted by Gasteiger charge is 2.30. The second-order valence-electron chi connectivity index (χ2n) is 6.05. The second-order valence-corrected chi connectivity index (χ2v) is 6.05. The summed E-state index contributed by atoms with van der Waals surface area (Å²) in [6.45, 7) is 0.308. The van der Waals surface area contributed by atoms with Gasteiger partial charge in [0.2, 0.25) is 0 Å². The molecule has 26 heavy (non-hydrogen) atoms. The minimum Gasteiger partial charge on any atom is -0.304 e. The quantitative estimate of drug-likeness (QED) is 0.669. The maximum Gasteiger partial charge on any atom is 0.416 e. The van der Waals surface area contributed by atoms with Crippen LogP contribution in [0.3, 0.4) is 0 Å². The normalized spacial score (nSPS) is 14.8. The first-order valence-corrected chi connectivity index (χ1v) is 7.96. The molecular formula is C20H13F3N2O. The monoisotopic (exact) mass is 354 g/mol. The van der Waals surface area contributed by atoms with Crippen LogP contribution < -0.4 is 4.90 Å². The molecule has 0 radical (unpaired) electrons. The zero-order chi connectivity index (χ0) is 18.3. The molecule has 1 amide bonds. The number of fused-ring (bicyclic) bond motifs is 1. The van der Waals surface area contributed by atoms with Crippen molar-refractivity contribution in [2.75, 3.05) is 11.4 Å². The lowest BCUT2D eigenvalue weighted by Crippen LogP contribution is -2.25. The lowest BCUT2D eigenvalue weighted by Gasteiger charge is -2.17. The standard InChI is InChI=1S/C20H13F3N2O/c21-20(22,23)16-6-3-13(4-7-16)15-10-19(26)25(12-15)17-8-5-14-2-1-9-24-18(14)11-17/h1-11H,12H2. The van der Waals surface area contributed by atoms with Gasteiger partial charge in [-0.2, -0.15) is 13.2 Å². The Morgan fingerprint density at radius 1 is 1.00 bits per heavy atom. The Balaban J connectivity index is 1.60. The van der Waals surface area contributed by atoms with Crippen LogP contribution in [0.2, 0.25) is 0 Å². The molecule has 0 saturated heterocycles. The van der Waals surface area contributed by atoms with E-state index in [9.17, 15) is 18.0 Å². The van der Waals surface area contributed by atoms with Crippen molar-refractivity contribution in [3.05, 3.63) is 78.0 Å². The maximum absolute atomic E-state index is 12.7. The smallest absolute Gasteiger partial charge is 0.304 e. The van der Waals surface area contributed by atoms with E-state index in [0.29, 0.717) is 23.4 Å². The topological polar surface area (TPSA) is 33.2 Å². The molecule has 0 spiro atoms. The first-order valence-electron chi connectivity index (χ1n) is 7.96. The van der Waals surface area contributed by atoms with Gasteiger partial charge in [0.05, 0.1) is 17.6 Å². The van der Waals surface area contributed by atoms with E-state index in [1.54, 1.807) is 11.1 Å². The number of carbonyl (C=O) groups is 1. The summed E-state index contributed by atoms with van der Waals surface area (Å²) in [4.78, 5) is 18.2. The Kier molecular flexibility index (Phi) is 3.76. The number of nitrogens with zero attached hydrogens (tertiary/aromatic N) is 2. The Morgan fingerprint density at radius 2 is 1.77 bits per heavy atom. The van der Waals surface area contributed by atoms with Gasteiger partial charge < -0.3 is 4.90 Å². The SMILES string of the molecule is O=C1C=C(c2ccc(C(F)(F)F)cc2)CN1c1ccc2cccnc2c1. The fourth-order valence-corrected chi connectivity index (χ4v) is 3.01. The molecule has 1 aromatic heterocycles.